The third kappa shape index (κ3) is 4.77. The molecule has 6 heteroatoms. The summed E-state index contributed by atoms with van der Waals surface area (Å²) >= 11 is 0. The number of nitrogens with one attached hydrogen (secondary N) is 1. The number of ether oxygens (including phenoxy) is 1. The van der Waals surface area contributed by atoms with Crippen LogP contribution in [0.4, 0.5) is 0 Å². The molecule has 1 aromatic rings. The highest BCUT2D eigenvalue weighted by Gasteiger charge is 2.21. The van der Waals surface area contributed by atoms with E-state index in [0.717, 1.165) is 32.7 Å². The van der Waals surface area contributed by atoms with E-state index in [9.17, 15) is 9.59 Å². The molecule has 0 unspecified atom stereocenters. The number of hydrogen-bond donors (Lipinski definition) is 1. The highest BCUT2D eigenvalue weighted by atomic mass is 16.5. The van der Waals surface area contributed by atoms with E-state index in [2.05, 4.69) is 17.1 Å². The van der Waals surface area contributed by atoms with Crippen molar-refractivity contribution < 1.29 is 14.3 Å². The van der Waals surface area contributed by atoms with Crippen molar-refractivity contribution in [2.75, 3.05) is 53.0 Å². The second kappa shape index (κ2) is 8.64. The lowest BCUT2D eigenvalue weighted by atomic mass is 10.1. The molecule has 1 aromatic carbocycles. The molecule has 1 heterocycles. The second-order valence-electron chi connectivity index (χ2n) is 5.55. The van der Waals surface area contributed by atoms with Gasteiger partial charge in [0.1, 0.15) is 0 Å². The molecular formula is C17H25N3O3. The summed E-state index contributed by atoms with van der Waals surface area (Å²) in [5.74, 6) is -0.121. The van der Waals surface area contributed by atoms with E-state index in [-0.39, 0.29) is 11.8 Å². The number of carbonyl (C=O) groups is 2. The molecule has 23 heavy (non-hydrogen) atoms. The lowest BCUT2D eigenvalue weighted by molar-refractivity contribution is 0.0643. The van der Waals surface area contributed by atoms with E-state index in [1.807, 2.05) is 4.90 Å². The summed E-state index contributed by atoms with van der Waals surface area (Å²) in [7, 11) is 1.59. The summed E-state index contributed by atoms with van der Waals surface area (Å²) in [4.78, 5) is 28.6. The van der Waals surface area contributed by atoms with Gasteiger partial charge in [-0.25, -0.2) is 0 Å². The Balaban J connectivity index is 1.91. The Hall–Kier alpha value is -1.92. The van der Waals surface area contributed by atoms with Crippen molar-refractivity contribution >= 4 is 11.8 Å². The Kier molecular flexibility index (Phi) is 6.55. The van der Waals surface area contributed by atoms with Crippen LogP contribution in [0.3, 0.4) is 0 Å². The minimum absolute atomic E-state index is 0.0343. The number of methoxy groups -OCH3 is 1. The summed E-state index contributed by atoms with van der Waals surface area (Å²) in [5, 5.41) is 2.76. The molecule has 0 radical (unpaired) electrons. The molecule has 0 saturated carbocycles. The molecule has 1 aliphatic heterocycles. The molecule has 2 amide bonds. The first-order chi connectivity index (χ1) is 11.2. The molecule has 1 fully saturated rings. The first kappa shape index (κ1) is 17.4. The molecule has 1 N–H and O–H groups in total. The maximum Gasteiger partial charge on any atom is 0.253 e. The van der Waals surface area contributed by atoms with Crippen molar-refractivity contribution in [3.8, 4) is 0 Å². The van der Waals surface area contributed by atoms with Gasteiger partial charge in [-0.15, -0.1) is 0 Å². The molecule has 0 bridgehead atoms. The van der Waals surface area contributed by atoms with E-state index >= 15 is 0 Å². The first-order valence-electron chi connectivity index (χ1n) is 8.04. The molecule has 1 aliphatic rings. The molecule has 126 valence electrons. The summed E-state index contributed by atoms with van der Waals surface area (Å²) in [5.41, 5.74) is 1.18. The standard InChI is InChI=1S/C17H25N3O3/c1-3-19-9-11-20(12-10-19)17(22)15-6-4-14(5-7-15)16(21)18-8-13-23-2/h4-7H,3,8-13H2,1-2H3,(H,18,21). The molecule has 2 rings (SSSR count). The van der Waals surface area contributed by atoms with Gasteiger partial charge >= 0.3 is 0 Å². The van der Waals surface area contributed by atoms with Crippen LogP contribution in [0.5, 0.6) is 0 Å². The number of hydrogen-bond acceptors (Lipinski definition) is 4. The Morgan fingerprint density at radius 2 is 1.70 bits per heavy atom. The quantitative estimate of drug-likeness (QED) is 0.790. The number of amides is 2. The van der Waals surface area contributed by atoms with Crippen LogP contribution in [0.15, 0.2) is 24.3 Å². The van der Waals surface area contributed by atoms with Crippen LogP contribution in [0, 0.1) is 0 Å². The number of likely N-dealkylation sites (N-methyl/N-ethyl adjacent to an activating group) is 1. The van der Waals surface area contributed by atoms with Crippen molar-refractivity contribution in [3.63, 3.8) is 0 Å². The van der Waals surface area contributed by atoms with Gasteiger partial charge in [-0.1, -0.05) is 6.92 Å². The largest absolute Gasteiger partial charge is 0.383 e. The lowest BCUT2D eigenvalue weighted by Gasteiger charge is -2.34. The molecule has 0 aromatic heterocycles. The normalized spacial score (nSPS) is 15.5. The number of nitrogens with zero attached hydrogens (tertiary/aromatic N) is 2. The van der Waals surface area contributed by atoms with Gasteiger partial charge in [0.25, 0.3) is 11.8 Å². The zero-order chi connectivity index (χ0) is 16.7. The number of rotatable bonds is 6. The number of benzene rings is 1. The Labute approximate surface area is 137 Å². The third-order valence-electron chi connectivity index (χ3n) is 4.09. The van der Waals surface area contributed by atoms with Gasteiger partial charge < -0.3 is 19.9 Å². The average molecular weight is 319 g/mol. The van der Waals surface area contributed by atoms with E-state index in [4.69, 9.17) is 4.74 Å². The van der Waals surface area contributed by atoms with Crippen LogP contribution in [0.1, 0.15) is 27.6 Å². The SMILES string of the molecule is CCN1CCN(C(=O)c2ccc(C(=O)NCCOC)cc2)CC1. The van der Waals surface area contributed by atoms with E-state index < -0.39 is 0 Å². The zero-order valence-electron chi connectivity index (χ0n) is 13.9. The maximum absolute atomic E-state index is 12.5. The van der Waals surface area contributed by atoms with Crippen LogP contribution in [-0.2, 0) is 4.74 Å². The smallest absolute Gasteiger partial charge is 0.253 e. The van der Waals surface area contributed by atoms with Gasteiger partial charge in [0.15, 0.2) is 0 Å². The van der Waals surface area contributed by atoms with Crippen molar-refractivity contribution in [2.45, 2.75) is 6.92 Å². The van der Waals surface area contributed by atoms with Crippen molar-refractivity contribution in [3.05, 3.63) is 35.4 Å². The Bertz CT molecular complexity index is 522. The third-order valence-corrected chi connectivity index (χ3v) is 4.09. The van der Waals surface area contributed by atoms with Gasteiger partial charge in [0.05, 0.1) is 6.61 Å². The predicted molar refractivity (Wildman–Crippen MR) is 88.7 cm³/mol. The Morgan fingerprint density at radius 3 is 2.26 bits per heavy atom. The lowest BCUT2D eigenvalue weighted by Crippen LogP contribution is -2.48. The molecule has 0 aliphatic carbocycles. The molecular weight excluding hydrogens is 294 g/mol. The Morgan fingerprint density at radius 1 is 1.09 bits per heavy atom. The van der Waals surface area contributed by atoms with Crippen molar-refractivity contribution in [1.29, 1.82) is 0 Å². The summed E-state index contributed by atoms with van der Waals surface area (Å²) in [6.07, 6.45) is 0. The van der Waals surface area contributed by atoms with Crippen molar-refractivity contribution in [2.24, 2.45) is 0 Å². The topological polar surface area (TPSA) is 61.9 Å². The van der Waals surface area contributed by atoms with Gasteiger partial charge in [-0.3, -0.25) is 9.59 Å². The molecule has 1 saturated heterocycles. The van der Waals surface area contributed by atoms with E-state index in [1.54, 1.807) is 31.4 Å². The monoisotopic (exact) mass is 319 g/mol. The predicted octanol–water partition coefficient (Wildman–Crippen LogP) is 0.841. The molecule has 0 spiro atoms. The van der Waals surface area contributed by atoms with E-state index in [0.29, 0.717) is 24.3 Å². The van der Waals surface area contributed by atoms with Crippen LogP contribution in [0.25, 0.3) is 0 Å². The molecule has 0 atom stereocenters. The summed E-state index contributed by atoms with van der Waals surface area (Å²) in [6, 6.07) is 6.83. The molecule has 6 nitrogen and oxygen atoms in total. The highest BCUT2D eigenvalue weighted by molar-refractivity contribution is 5.97. The van der Waals surface area contributed by atoms with Gasteiger partial charge in [-0.05, 0) is 30.8 Å². The fourth-order valence-electron chi connectivity index (χ4n) is 2.58. The zero-order valence-corrected chi connectivity index (χ0v) is 13.9. The van der Waals surface area contributed by atoms with Crippen LogP contribution in [-0.4, -0.2) is 74.6 Å². The van der Waals surface area contributed by atoms with Gasteiger partial charge in [0, 0.05) is 51.0 Å². The minimum Gasteiger partial charge on any atom is -0.383 e. The number of carbonyl (C=O) groups excluding carboxylic acids is 2. The second-order valence-corrected chi connectivity index (χ2v) is 5.55. The average Bonchev–Trinajstić information content (AvgIpc) is 2.61. The van der Waals surface area contributed by atoms with Crippen LogP contribution >= 0.6 is 0 Å². The summed E-state index contributed by atoms with van der Waals surface area (Å²) < 4.78 is 4.89. The van der Waals surface area contributed by atoms with Gasteiger partial charge in [0.2, 0.25) is 0 Å². The van der Waals surface area contributed by atoms with Crippen molar-refractivity contribution in [1.82, 2.24) is 15.1 Å². The van der Waals surface area contributed by atoms with Crippen LogP contribution < -0.4 is 5.32 Å². The van der Waals surface area contributed by atoms with Crippen LogP contribution in [0.2, 0.25) is 0 Å². The minimum atomic E-state index is -0.155. The maximum atomic E-state index is 12.5. The first-order valence-corrected chi connectivity index (χ1v) is 8.04. The van der Waals surface area contributed by atoms with Gasteiger partial charge in [-0.2, -0.15) is 0 Å². The summed E-state index contributed by atoms with van der Waals surface area (Å²) in [6.45, 7) is 7.45. The highest BCUT2D eigenvalue weighted by Crippen LogP contribution is 2.10. The van der Waals surface area contributed by atoms with E-state index in [1.165, 1.54) is 0 Å². The fraction of sp³-hybridized carbons (Fsp3) is 0.529. The fourth-order valence-corrected chi connectivity index (χ4v) is 2.58. The number of piperazine rings is 1.